The molecule has 6 nitrogen and oxygen atoms in total. The van der Waals surface area contributed by atoms with Gasteiger partial charge in [-0.1, -0.05) is 0 Å². The molecule has 0 fully saturated rings. The Labute approximate surface area is 112 Å². The summed E-state index contributed by atoms with van der Waals surface area (Å²) in [6, 6.07) is 3.72. The van der Waals surface area contributed by atoms with E-state index >= 15 is 0 Å². The number of hydrogen-bond donors (Lipinski definition) is 2. The monoisotopic (exact) mass is 268 g/mol. The Morgan fingerprint density at radius 2 is 1.84 bits per heavy atom. The molecule has 0 saturated carbocycles. The van der Waals surface area contributed by atoms with Crippen molar-refractivity contribution in [2.24, 2.45) is 5.73 Å². The smallest absolute Gasteiger partial charge is 0.220 e. The molecule has 0 aliphatic carbocycles. The van der Waals surface area contributed by atoms with Crippen LogP contribution in [-0.2, 0) is 11.3 Å². The standard InChI is InChI=1S/C13H20N2O4/c1-15-8-9-6-10(17-2)13(11(7-9)18-3)19-5-4-12(14)16/h6-7,15H,4-5,8H2,1-3H3,(H2,14,16). The summed E-state index contributed by atoms with van der Waals surface area (Å²) in [7, 11) is 4.97. The fourth-order valence-corrected chi connectivity index (χ4v) is 1.64. The number of nitrogens with one attached hydrogen (secondary N) is 1. The van der Waals surface area contributed by atoms with E-state index in [1.165, 1.54) is 0 Å². The summed E-state index contributed by atoms with van der Waals surface area (Å²) in [6.07, 6.45) is 0.143. The highest BCUT2D eigenvalue weighted by Crippen LogP contribution is 2.38. The molecule has 0 unspecified atom stereocenters. The van der Waals surface area contributed by atoms with Gasteiger partial charge in [0.05, 0.1) is 27.2 Å². The van der Waals surface area contributed by atoms with Crippen LogP contribution in [0.15, 0.2) is 12.1 Å². The van der Waals surface area contributed by atoms with Crippen LogP contribution in [-0.4, -0.2) is 33.8 Å². The molecule has 106 valence electrons. The van der Waals surface area contributed by atoms with Crippen LogP contribution in [0.1, 0.15) is 12.0 Å². The molecule has 0 aliphatic heterocycles. The van der Waals surface area contributed by atoms with Crippen molar-refractivity contribution >= 4 is 5.91 Å². The first-order valence-corrected chi connectivity index (χ1v) is 5.93. The van der Waals surface area contributed by atoms with Crippen LogP contribution < -0.4 is 25.3 Å². The summed E-state index contributed by atoms with van der Waals surface area (Å²) < 4.78 is 16.1. The molecular weight excluding hydrogens is 248 g/mol. The molecule has 0 aliphatic rings. The van der Waals surface area contributed by atoms with E-state index in [0.717, 1.165) is 5.56 Å². The fourth-order valence-electron chi connectivity index (χ4n) is 1.64. The van der Waals surface area contributed by atoms with Gasteiger partial charge in [-0.2, -0.15) is 0 Å². The zero-order valence-corrected chi connectivity index (χ0v) is 11.5. The molecule has 6 heteroatoms. The minimum atomic E-state index is -0.412. The molecule has 0 heterocycles. The number of carbonyl (C=O) groups excluding carboxylic acids is 1. The maximum absolute atomic E-state index is 10.7. The summed E-state index contributed by atoms with van der Waals surface area (Å²) in [5, 5.41) is 3.05. The van der Waals surface area contributed by atoms with Gasteiger partial charge < -0.3 is 25.3 Å². The Morgan fingerprint density at radius 3 is 2.26 bits per heavy atom. The van der Waals surface area contributed by atoms with Gasteiger partial charge in [0, 0.05) is 6.54 Å². The zero-order valence-electron chi connectivity index (χ0n) is 11.5. The van der Waals surface area contributed by atoms with Crippen LogP contribution in [0.25, 0.3) is 0 Å². The van der Waals surface area contributed by atoms with E-state index < -0.39 is 5.91 Å². The number of ether oxygens (including phenoxy) is 3. The molecule has 1 aromatic carbocycles. The van der Waals surface area contributed by atoms with Crippen LogP contribution in [0.3, 0.4) is 0 Å². The zero-order chi connectivity index (χ0) is 14.3. The van der Waals surface area contributed by atoms with Gasteiger partial charge in [0.2, 0.25) is 11.7 Å². The van der Waals surface area contributed by atoms with Crippen molar-refractivity contribution in [2.75, 3.05) is 27.9 Å². The average molecular weight is 268 g/mol. The molecule has 0 saturated heterocycles. The molecule has 19 heavy (non-hydrogen) atoms. The van der Waals surface area contributed by atoms with Gasteiger partial charge in [-0.25, -0.2) is 0 Å². The molecule has 1 aromatic rings. The summed E-state index contributed by atoms with van der Waals surface area (Å²) in [5.74, 6) is 1.19. The summed E-state index contributed by atoms with van der Waals surface area (Å²) in [4.78, 5) is 10.7. The molecular formula is C13H20N2O4. The van der Waals surface area contributed by atoms with Gasteiger partial charge in [0.1, 0.15) is 0 Å². The van der Waals surface area contributed by atoms with Crippen molar-refractivity contribution in [1.29, 1.82) is 0 Å². The van der Waals surface area contributed by atoms with Crippen molar-refractivity contribution < 1.29 is 19.0 Å². The molecule has 0 spiro atoms. The van der Waals surface area contributed by atoms with Crippen LogP contribution in [0.2, 0.25) is 0 Å². The van der Waals surface area contributed by atoms with Crippen LogP contribution >= 0.6 is 0 Å². The Morgan fingerprint density at radius 1 is 1.26 bits per heavy atom. The first kappa shape index (κ1) is 15.1. The molecule has 1 amide bonds. The average Bonchev–Trinajstić information content (AvgIpc) is 2.39. The summed E-state index contributed by atoms with van der Waals surface area (Å²) in [6.45, 7) is 0.877. The first-order chi connectivity index (χ1) is 9.12. The number of methoxy groups -OCH3 is 2. The third kappa shape index (κ3) is 4.33. The molecule has 0 bridgehead atoms. The topological polar surface area (TPSA) is 82.8 Å². The third-order valence-electron chi connectivity index (χ3n) is 2.50. The van der Waals surface area contributed by atoms with Crippen LogP contribution in [0.4, 0.5) is 0 Å². The Bertz CT molecular complexity index is 410. The van der Waals surface area contributed by atoms with Crippen molar-refractivity contribution in [3.05, 3.63) is 17.7 Å². The van der Waals surface area contributed by atoms with Gasteiger partial charge in [-0.05, 0) is 24.7 Å². The minimum absolute atomic E-state index is 0.143. The first-order valence-electron chi connectivity index (χ1n) is 5.93. The number of benzene rings is 1. The van der Waals surface area contributed by atoms with Crippen molar-refractivity contribution in [1.82, 2.24) is 5.32 Å². The predicted molar refractivity (Wildman–Crippen MR) is 71.6 cm³/mol. The Kier molecular flexibility index (Phi) is 5.95. The van der Waals surface area contributed by atoms with Gasteiger partial charge in [-0.3, -0.25) is 4.79 Å². The van der Waals surface area contributed by atoms with Gasteiger partial charge in [0.25, 0.3) is 0 Å². The number of amides is 1. The lowest BCUT2D eigenvalue weighted by atomic mass is 10.2. The lowest BCUT2D eigenvalue weighted by molar-refractivity contribution is -0.118. The largest absolute Gasteiger partial charge is 0.493 e. The normalized spacial score (nSPS) is 10.1. The van der Waals surface area contributed by atoms with Gasteiger partial charge >= 0.3 is 0 Å². The maximum atomic E-state index is 10.7. The van der Waals surface area contributed by atoms with Gasteiger partial charge in [0.15, 0.2) is 11.5 Å². The highest BCUT2D eigenvalue weighted by Gasteiger charge is 2.14. The number of nitrogens with two attached hydrogens (primary N) is 1. The molecule has 0 radical (unpaired) electrons. The second-order valence-corrected chi connectivity index (χ2v) is 3.92. The lowest BCUT2D eigenvalue weighted by Crippen LogP contribution is -2.15. The fraction of sp³-hybridized carbons (Fsp3) is 0.462. The number of hydrogen-bond acceptors (Lipinski definition) is 5. The third-order valence-corrected chi connectivity index (χ3v) is 2.50. The maximum Gasteiger partial charge on any atom is 0.220 e. The Balaban J connectivity index is 2.95. The van der Waals surface area contributed by atoms with Crippen molar-refractivity contribution in [3.8, 4) is 17.2 Å². The number of rotatable bonds is 8. The second kappa shape index (κ2) is 7.48. The minimum Gasteiger partial charge on any atom is -0.493 e. The van der Waals surface area contributed by atoms with E-state index in [9.17, 15) is 4.79 Å². The van der Waals surface area contributed by atoms with Crippen molar-refractivity contribution in [2.45, 2.75) is 13.0 Å². The van der Waals surface area contributed by atoms with Crippen LogP contribution in [0, 0.1) is 0 Å². The molecule has 0 atom stereocenters. The van der Waals surface area contributed by atoms with Gasteiger partial charge in [-0.15, -0.1) is 0 Å². The number of carbonyl (C=O) groups is 1. The quantitative estimate of drug-likeness (QED) is 0.724. The molecule has 1 rings (SSSR count). The molecule has 0 aromatic heterocycles. The van der Waals surface area contributed by atoms with E-state index in [1.54, 1.807) is 14.2 Å². The van der Waals surface area contributed by atoms with E-state index in [2.05, 4.69) is 5.32 Å². The van der Waals surface area contributed by atoms with Crippen molar-refractivity contribution in [3.63, 3.8) is 0 Å². The van der Waals surface area contributed by atoms with E-state index in [-0.39, 0.29) is 13.0 Å². The summed E-state index contributed by atoms with van der Waals surface area (Å²) in [5.41, 5.74) is 6.08. The Hall–Kier alpha value is -1.95. The highest BCUT2D eigenvalue weighted by molar-refractivity contribution is 5.73. The van der Waals surface area contributed by atoms with Crippen LogP contribution in [0.5, 0.6) is 17.2 Å². The SMILES string of the molecule is CNCc1cc(OC)c(OCCC(N)=O)c(OC)c1. The van der Waals surface area contributed by atoms with E-state index in [1.807, 2.05) is 19.2 Å². The predicted octanol–water partition coefficient (Wildman–Crippen LogP) is 0.677. The summed E-state index contributed by atoms with van der Waals surface area (Å²) >= 11 is 0. The van der Waals surface area contributed by atoms with E-state index in [0.29, 0.717) is 23.8 Å². The van der Waals surface area contributed by atoms with E-state index in [4.69, 9.17) is 19.9 Å². The molecule has 3 N–H and O–H groups in total. The lowest BCUT2D eigenvalue weighted by Gasteiger charge is -2.15. The number of primary amides is 1. The second-order valence-electron chi connectivity index (χ2n) is 3.92. The highest BCUT2D eigenvalue weighted by atomic mass is 16.5.